The Hall–Kier alpha value is -0.900. The van der Waals surface area contributed by atoms with Crippen molar-refractivity contribution in [3.05, 3.63) is 34.1 Å². The Labute approximate surface area is 114 Å². The number of amides is 1. The molecule has 18 heavy (non-hydrogen) atoms. The smallest absolute Gasteiger partial charge is 0.255 e. The first kappa shape index (κ1) is 12.2. The summed E-state index contributed by atoms with van der Waals surface area (Å²) in [7, 11) is 0. The van der Waals surface area contributed by atoms with Crippen LogP contribution in [0.3, 0.4) is 0 Å². The highest BCUT2D eigenvalue weighted by Gasteiger charge is 2.53. The van der Waals surface area contributed by atoms with Crippen molar-refractivity contribution in [1.29, 1.82) is 0 Å². The fourth-order valence-electron chi connectivity index (χ4n) is 2.65. The Balaban J connectivity index is 1.68. The van der Waals surface area contributed by atoms with Gasteiger partial charge < -0.3 is 5.32 Å². The number of carbonyl (C=O) groups is 1. The highest BCUT2D eigenvalue weighted by atomic mass is 79.9. The Morgan fingerprint density at radius 3 is 2.72 bits per heavy atom. The molecule has 0 bridgehead atoms. The Bertz CT molecular complexity index is 474. The quantitative estimate of drug-likeness (QED) is 0.906. The van der Waals surface area contributed by atoms with Crippen molar-refractivity contribution in [1.82, 2.24) is 5.32 Å². The topological polar surface area (TPSA) is 29.1 Å². The van der Waals surface area contributed by atoms with Crippen molar-refractivity contribution in [3.63, 3.8) is 0 Å². The molecule has 0 spiro atoms. The molecule has 3 rings (SSSR count). The van der Waals surface area contributed by atoms with Crippen LogP contribution in [0.5, 0.6) is 0 Å². The molecule has 2 aliphatic carbocycles. The second-order valence-corrected chi connectivity index (χ2v) is 6.27. The number of hydrogen-bond acceptors (Lipinski definition) is 1. The molecule has 4 heteroatoms. The molecule has 0 atom stereocenters. The zero-order valence-corrected chi connectivity index (χ0v) is 11.6. The van der Waals surface area contributed by atoms with Crippen LogP contribution in [-0.2, 0) is 0 Å². The molecule has 2 saturated carbocycles. The van der Waals surface area contributed by atoms with E-state index in [2.05, 4.69) is 21.2 Å². The van der Waals surface area contributed by atoms with Gasteiger partial charge in [-0.05, 0) is 65.1 Å². The molecule has 2 fully saturated rings. The summed E-state index contributed by atoms with van der Waals surface area (Å²) in [5.41, 5.74) is 0.456. The third-order valence-corrected chi connectivity index (χ3v) is 4.79. The van der Waals surface area contributed by atoms with E-state index in [-0.39, 0.29) is 11.5 Å². The minimum Gasteiger partial charge on any atom is -0.351 e. The van der Waals surface area contributed by atoms with E-state index in [0.717, 1.165) is 5.92 Å². The van der Waals surface area contributed by atoms with Gasteiger partial charge >= 0.3 is 0 Å². The summed E-state index contributed by atoms with van der Waals surface area (Å²) in [6, 6.07) is 4.59. The van der Waals surface area contributed by atoms with Crippen molar-refractivity contribution in [2.45, 2.75) is 25.7 Å². The van der Waals surface area contributed by atoms with Gasteiger partial charge in [0.05, 0.1) is 5.56 Å². The van der Waals surface area contributed by atoms with Crippen LogP contribution in [0.2, 0.25) is 0 Å². The summed E-state index contributed by atoms with van der Waals surface area (Å²) < 4.78 is 14.1. The van der Waals surface area contributed by atoms with Crippen molar-refractivity contribution in [3.8, 4) is 0 Å². The molecule has 0 aliphatic heterocycles. The first-order valence-corrected chi connectivity index (χ1v) is 7.14. The van der Waals surface area contributed by atoms with E-state index in [4.69, 9.17) is 0 Å². The maximum Gasteiger partial charge on any atom is 0.255 e. The zero-order chi connectivity index (χ0) is 12.8. The van der Waals surface area contributed by atoms with Crippen molar-refractivity contribution in [2.75, 3.05) is 6.54 Å². The minimum atomic E-state index is -0.474. The number of benzene rings is 1. The van der Waals surface area contributed by atoms with Crippen molar-refractivity contribution >= 4 is 21.8 Å². The van der Waals surface area contributed by atoms with E-state index in [1.54, 1.807) is 12.1 Å². The van der Waals surface area contributed by atoms with Crippen LogP contribution in [-0.4, -0.2) is 12.5 Å². The normalized spacial score (nSPS) is 20.6. The molecule has 0 unspecified atom stereocenters. The third-order valence-electron chi connectivity index (χ3n) is 4.13. The van der Waals surface area contributed by atoms with E-state index >= 15 is 0 Å². The van der Waals surface area contributed by atoms with E-state index in [1.165, 1.54) is 31.7 Å². The first-order chi connectivity index (χ1) is 8.62. The Morgan fingerprint density at radius 2 is 2.17 bits per heavy atom. The number of nitrogens with one attached hydrogen (secondary N) is 1. The lowest BCUT2D eigenvalue weighted by molar-refractivity contribution is 0.0937. The van der Waals surface area contributed by atoms with Gasteiger partial charge in [-0.3, -0.25) is 4.79 Å². The second kappa shape index (κ2) is 4.34. The van der Waals surface area contributed by atoms with Crippen LogP contribution in [0.4, 0.5) is 4.39 Å². The molecular formula is C14H15BrFNO. The van der Waals surface area contributed by atoms with Gasteiger partial charge in [0.25, 0.3) is 5.91 Å². The SMILES string of the molecule is O=C(NCC1(C2CC2)CC1)c1c(F)cccc1Br. The molecule has 1 N–H and O–H groups in total. The van der Waals surface area contributed by atoms with Crippen LogP contribution >= 0.6 is 15.9 Å². The number of carbonyl (C=O) groups excluding carboxylic acids is 1. The first-order valence-electron chi connectivity index (χ1n) is 6.35. The lowest BCUT2D eigenvalue weighted by Crippen LogP contribution is -2.32. The van der Waals surface area contributed by atoms with E-state index in [9.17, 15) is 9.18 Å². The lowest BCUT2D eigenvalue weighted by Gasteiger charge is -2.15. The van der Waals surface area contributed by atoms with E-state index < -0.39 is 5.82 Å². The monoisotopic (exact) mass is 311 g/mol. The maximum atomic E-state index is 13.6. The summed E-state index contributed by atoms with van der Waals surface area (Å²) in [6.07, 6.45) is 4.99. The molecular weight excluding hydrogens is 297 g/mol. The average molecular weight is 312 g/mol. The van der Waals surface area contributed by atoms with Crippen LogP contribution in [0.25, 0.3) is 0 Å². The molecule has 1 amide bonds. The van der Waals surface area contributed by atoms with Crippen LogP contribution < -0.4 is 5.32 Å². The predicted octanol–water partition coefficient (Wildman–Crippen LogP) is 3.51. The summed E-state index contributed by atoms with van der Waals surface area (Å²) in [5, 5.41) is 2.90. The van der Waals surface area contributed by atoms with Gasteiger partial charge in [-0.1, -0.05) is 6.07 Å². The van der Waals surface area contributed by atoms with Gasteiger partial charge in [-0.25, -0.2) is 4.39 Å². The van der Waals surface area contributed by atoms with Gasteiger partial charge in [-0.15, -0.1) is 0 Å². The molecule has 0 saturated heterocycles. The van der Waals surface area contributed by atoms with E-state index in [1.807, 2.05) is 0 Å². The minimum absolute atomic E-state index is 0.115. The average Bonchev–Trinajstić information content (AvgIpc) is 3.18. The van der Waals surface area contributed by atoms with Gasteiger partial charge in [0.1, 0.15) is 5.82 Å². The van der Waals surface area contributed by atoms with Gasteiger partial charge in [0.15, 0.2) is 0 Å². The van der Waals surface area contributed by atoms with Crippen LogP contribution in [0, 0.1) is 17.2 Å². The van der Waals surface area contributed by atoms with Crippen LogP contribution in [0.1, 0.15) is 36.0 Å². The standard InChI is InChI=1S/C14H15BrFNO/c15-10-2-1-3-11(16)12(10)13(18)17-8-14(6-7-14)9-4-5-9/h1-3,9H,4-8H2,(H,17,18). The van der Waals surface area contributed by atoms with Gasteiger partial charge in [0, 0.05) is 11.0 Å². The summed E-state index contributed by atoms with van der Waals surface area (Å²) in [5.74, 6) is 0.00639. The Morgan fingerprint density at radius 1 is 1.44 bits per heavy atom. The summed E-state index contributed by atoms with van der Waals surface area (Å²) in [6.45, 7) is 0.692. The van der Waals surface area contributed by atoms with Crippen LogP contribution in [0.15, 0.2) is 22.7 Å². The summed E-state index contributed by atoms with van der Waals surface area (Å²) >= 11 is 3.22. The molecule has 96 valence electrons. The molecule has 1 aromatic rings. The Kier molecular flexibility index (Phi) is 2.93. The van der Waals surface area contributed by atoms with Crippen molar-refractivity contribution < 1.29 is 9.18 Å². The molecule has 0 aromatic heterocycles. The van der Waals surface area contributed by atoms with E-state index in [0.29, 0.717) is 16.4 Å². The largest absolute Gasteiger partial charge is 0.351 e. The lowest BCUT2D eigenvalue weighted by atomic mass is 10.0. The highest BCUT2D eigenvalue weighted by molar-refractivity contribution is 9.10. The molecule has 1 aromatic carbocycles. The zero-order valence-electron chi connectivity index (χ0n) is 10.0. The fraction of sp³-hybridized carbons (Fsp3) is 0.500. The highest BCUT2D eigenvalue weighted by Crippen LogP contribution is 2.60. The number of hydrogen-bond donors (Lipinski definition) is 1. The maximum absolute atomic E-state index is 13.6. The van der Waals surface area contributed by atoms with Gasteiger partial charge in [0.2, 0.25) is 0 Å². The number of halogens is 2. The molecule has 2 nitrogen and oxygen atoms in total. The van der Waals surface area contributed by atoms with Crippen molar-refractivity contribution in [2.24, 2.45) is 11.3 Å². The fourth-order valence-corrected chi connectivity index (χ4v) is 3.17. The van der Waals surface area contributed by atoms with Gasteiger partial charge in [-0.2, -0.15) is 0 Å². The molecule has 0 heterocycles. The molecule has 2 aliphatic rings. The third kappa shape index (κ3) is 2.18. The molecule has 0 radical (unpaired) electrons. The predicted molar refractivity (Wildman–Crippen MR) is 70.8 cm³/mol. The number of rotatable bonds is 4. The second-order valence-electron chi connectivity index (χ2n) is 5.42. The summed E-state index contributed by atoms with van der Waals surface area (Å²) in [4.78, 5) is 12.0.